The molecular formula is C18H23FN2O2. The molecule has 2 aromatic rings. The van der Waals surface area contributed by atoms with Crippen molar-refractivity contribution in [2.75, 3.05) is 6.54 Å². The van der Waals surface area contributed by atoms with Gasteiger partial charge in [0, 0.05) is 12.1 Å². The standard InChI is InChI=1S/C18H23FN2O2/c1-12(2)10-18(3,11-20)21-17(22)16-9-8-15(23-16)13-4-6-14(19)7-5-13/h4-9,12H,10-11,20H2,1-3H3,(H,21,22). The number of nitrogens with one attached hydrogen (secondary N) is 1. The molecule has 1 amide bonds. The van der Waals surface area contributed by atoms with Gasteiger partial charge < -0.3 is 15.5 Å². The van der Waals surface area contributed by atoms with Crippen molar-refractivity contribution in [3.8, 4) is 11.3 Å². The molecule has 0 aliphatic rings. The number of carbonyl (C=O) groups excluding carboxylic acids is 1. The Bertz CT molecular complexity index is 664. The predicted octanol–water partition coefficient (Wildman–Crippen LogP) is 3.58. The van der Waals surface area contributed by atoms with Crippen molar-refractivity contribution < 1.29 is 13.6 Å². The summed E-state index contributed by atoms with van der Waals surface area (Å²) in [5, 5.41) is 2.95. The molecule has 1 unspecified atom stereocenters. The zero-order valence-corrected chi connectivity index (χ0v) is 13.7. The Balaban J connectivity index is 2.13. The number of halogens is 1. The van der Waals surface area contributed by atoms with Crippen molar-refractivity contribution in [2.45, 2.75) is 32.7 Å². The van der Waals surface area contributed by atoms with Gasteiger partial charge in [0.15, 0.2) is 5.76 Å². The third-order valence-corrected chi connectivity index (χ3v) is 3.68. The summed E-state index contributed by atoms with van der Waals surface area (Å²) >= 11 is 0. The first-order chi connectivity index (χ1) is 10.8. The number of carbonyl (C=O) groups is 1. The van der Waals surface area contributed by atoms with E-state index in [1.165, 1.54) is 12.1 Å². The van der Waals surface area contributed by atoms with Gasteiger partial charge in [0.2, 0.25) is 0 Å². The highest BCUT2D eigenvalue weighted by molar-refractivity contribution is 5.92. The van der Waals surface area contributed by atoms with Crippen LogP contribution in [0, 0.1) is 11.7 Å². The van der Waals surface area contributed by atoms with E-state index in [1.807, 2.05) is 6.92 Å². The van der Waals surface area contributed by atoms with Crippen molar-refractivity contribution >= 4 is 5.91 Å². The number of rotatable bonds is 6. The van der Waals surface area contributed by atoms with Crippen LogP contribution < -0.4 is 11.1 Å². The zero-order valence-electron chi connectivity index (χ0n) is 13.7. The second-order valence-corrected chi connectivity index (χ2v) is 6.49. The van der Waals surface area contributed by atoms with Gasteiger partial charge in [-0.05, 0) is 55.7 Å². The van der Waals surface area contributed by atoms with Crippen LogP contribution in [-0.4, -0.2) is 18.0 Å². The summed E-state index contributed by atoms with van der Waals surface area (Å²) in [6, 6.07) is 9.24. The maximum atomic E-state index is 13.0. The minimum atomic E-state index is -0.478. The summed E-state index contributed by atoms with van der Waals surface area (Å²) in [7, 11) is 0. The lowest BCUT2D eigenvalue weighted by Crippen LogP contribution is -2.52. The van der Waals surface area contributed by atoms with Gasteiger partial charge >= 0.3 is 0 Å². The lowest BCUT2D eigenvalue weighted by molar-refractivity contribution is 0.0870. The summed E-state index contributed by atoms with van der Waals surface area (Å²) in [4.78, 5) is 12.4. The number of amides is 1. The van der Waals surface area contributed by atoms with Crippen LogP contribution in [-0.2, 0) is 0 Å². The van der Waals surface area contributed by atoms with Crippen molar-refractivity contribution in [3.05, 3.63) is 48.0 Å². The van der Waals surface area contributed by atoms with Gasteiger partial charge in [0.1, 0.15) is 11.6 Å². The van der Waals surface area contributed by atoms with Crippen LogP contribution >= 0.6 is 0 Å². The van der Waals surface area contributed by atoms with Crippen LogP contribution in [0.25, 0.3) is 11.3 Å². The van der Waals surface area contributed by atoms with Crippen LogP contribution in [0.1, 0.15) is 37.7 Å². The number of benzene rings is 1. The highest BCUT2D eigenvalue weighted by Gasteiger charge is 2.27. The minimum absolute atomic E-state index is 0.216. The summed E-state index contributed by atoms with van der Waals surface area (Å²) in [5.41, 5.74) is 6.05. The average Bonchev–Trinajstić information content (AvgIpc) is 2.97. The Morgan fingerprint density at radius 3 is 2.48 bits per heavy atom. The summed E-state index contributed by atoms with van der Waals surface area (Å²) in [5.74, 6) is 0.536. The summed E-state index contributed by atoms with van der Waals surface area (Å²) in [6.45, 7) is 6.44. The van der Waals surface area contributed by atoms with Crippen molar-refractivity contribution in [1.82, 2.24) is 5.32 Å². The molecule has 1 heterocycles. The molecule has 124 valence electrons. The number of hydrogen-bond acceptors (Lipinski definition) is 3. The fourth-order valence-corrected chi connectivity index (χ4v) is 2.65. The monoisotopic (exact) mass is 318 g/mol. The molecule has 3 N–H and O–H groups in total. The molecule has 23 heavy (non-hydrogen) atoms. The van der Waals surface area contributed by atoms with E-state index in [0.717, 1.165) is 6.42 Å². The van der Waals surface area contributed by atoms with Crippen LogP contribution in [0.2, 0.25) is 0 Å². The van der Waals surface area contributed by atoms with E-state index >= 15 is 0 Å². The fraction of sp³-hybridized carbons (Fsp3) is 0.389. The SMILES string of the molecule is CC(C)CC(C)(CN)NC(=O)c1ccc(-c2ccc(F)cc2)o1. The largest absolute Gasteiger partial charge is 0.451 e. The molecule has 1 aromatic heterocycles. The molecule has 0 spiro atoms. The molecule has 5 heteroatoms. The number of nitrogens with two attached hydrogens (primary N) is 1. The van der Waals surface area contributed by atoms with Crippen LogP contribution in [0.15, 0.2) is 40.8 Å². The van der Waals surface area contributed by atoms with Crippen LogP contribution in [0.5, 0.6) is 0 Å². The average molecular weight is 318 g/mol. The molecule has 2 rings (SSSR count). The predicted molar refractivity (Wildman–Crippen MR) is 88.5 cm³/mol. The maximum Gasteiger partial charge on any atom is 0.287 e. The Kier molecular flexibility index (Phi) is 5.21. The van der Waals surface area contributed by atoms with Gasteiger partial charge in [0.25, 0.3) is 5.91 Å². The molecule has 0 saturated heterocycles. The first-order valence-corrected chi connectivity index (χ1v) is 7.71. The van der Waals surface area contributed by atoms with E-state index < -0.39 is 5.54 Å². The topological polar surface area (TPSA) is 68.3 Å². The molecule has 0 aliphatic heterocycles. The lowest BCUT2D eigenvalue weighted by atomic mass is 9.90. The van der Waals surface area contributed by atoms with Gasteiger partial charge in [-0.3, -0.25) is 4.79 Å². The first-order valence-electron chi connectivity index (χ1n) is 7.71. The molecule has 0 saturated carbocycles. The first kappa shape index (κ1) is 17.2. The van der Waals surface area contributed by atoms with Crippen LogP contribution in [0.3, 0.4) is 0 Å². The summed E-state index contributed by atoms with van der Waals surface area (Å²) < 4.78 is 18.5. The number of hydrogen-bond donors (Lipinski definition) is 2. The fourth-order valence-electron chi connectivity index (χ4n) is 2.65. The van der Waals surface area contributed by atoms with E-state index in [0.29, 0.717) is 23.8 Å². The molecule has 0 bridgehead atoms. The normalized spacial score (nSPS) is 13.8. The van der Waals surface area contributed by atoms with E-state index in [2.05, 4.69) is 19.2 Å². The summed E-state index contributed by atoms with van der Waals surface area (Å²) in [6.07, 6.45) is 0.779. The molecule has 0 aliphatic carbocycles. The Morgan fingerprint density at radius 1 is 1.26 bits per heavy atom. The van der Waals surface area contributed by atoms with Crippen LogP contribution in [0.4, 0.5) is 4.39 Å². The third kappa shape index (κ3) is 4.42. The Hall–Kier alpha value is -2.14. The lowest BCUT2D eigenvalue weighted by Gasteiger charge is -2.30. The molecule has 4 nitrogen and oxygen atoms in total. The third-order valence-electron chi connectivity index (χ3n) is 3.68. The maximum absolute atomic E-state index is 13.0. The zero-order chi connectivity index (χ0) is 17.0. The van der Waals surface area contributed by atoms with E-state index in [-0.39, 0.29) is 17.5 Å². The van der Waals surface area contributed by atoms with Crippen molar-refractivity contribution in [3.63, 3.8) is 0 Å². The Labute approximate surface area is 135 Å². The second kappa shape index (κ2) is 6.96. The molecule has 1 aromatic carbocycles. The smallest absolute Gasteiger partial charge is 0.287 e. The number of furan rings is 1. The molecule has 1 atom stereocenters. The second-order valence-electron chi connectivity index (χ2n) is 6.49. The van der Waals surface area contributed by atoms with E-state index in [4.69, 9.17) is 10.2 Å². The van der Waals surface area contributed by atoms with Crippen molar-refractivity contribution in [2.24, 2.45) is 11.7 Å². The molecule has 0 fully saturated rings. The molecule has 0 radical (unpaired) electrons. The highest BCUT2D eigenvalue weighted by Crippen LogP contribution is 2.23. The quantitative estimate of drug-likeness (QED) is 0.855. The van der Waals surface area contributed by atoms with Gasteiger partial charge in [0.05, 0.1) is 5.54 Å². The minimum Gasteiger partial charge on any atom is -0.451 e. The van der Waals surface area contributed by atoms with Gasteiger partial charge in [-0.15, -0.1) is 0 Å². The van der Waals surface area contributed by atoms with Gasteiger partial charge in [-0.25, -0.2) is 4.39 Å². The van der Waals surface area contributed by atoms with Gasteiger partial charge in [-0.1, -0.05) is 13.8 Å². The van der Waals surface area contributed by atoms with E-state index in [1.54, 1.807) is 24.3 Å². The molecular weight excluding hydrogens is 295 g/mol. The Morgan fingerprint density at radius 2 is 1.91 bits per heavy atom. The van der Waals surface area contributed by atoms with Crippen molar-refractivity contribution in [1.29, 1.82) is 0 Å². The van der Waals surface area contributed by atoms with Gasteiger partial charge in [-0.2, -0.15) is 0 Å². The van der Waals surface area contributed by atoms with E-state index in [9.17, 15) is 9.18 Å². The highest BCUT2D eigenvalue weighted by atomic mass is 19.1.